The Bertz CT molecular complexity index is 476. The predicted octanol–water partition coefficient (Wildman–Crippen LogP) is 4.21. The first kappa shape index (κ1) is 12.1. The SMILES string of the molecule is Cc1cc(C)nc(SCc2ccc(Br)s2)n1. The standard InChI is InChI=1S/C11H11BrN2S2/c1-7-5-8(2)14-11(13-7)15-6-9-3-4-10(12)16-9/h3-5H,6H2,1-2H3. The fourth-order valence-corrected chi connectivity index (χ4v) is 3.80. The lowest BCUT2D eigenvalue weighted by molar-refractivity contribution is 0.902. The first-order chi connectivity index (χ1) is 7.63. The molecule has 2 heterocycles. The maximum absolute atomic E-state index is 4.40. The summed E-state index contributed by atoms with van der Waals surface area (Å²) in [6.07, 6.45) is 0. The smallest absolute Gasteiger partial charge is 0.188 e. The highest BCUT2D eigenvalue weighted by Crippen LogP contribution is 2.27. The predicted molar refractivity (Wildman–Crippen MR) is 73.1 cm³/mol. The van der Waals surface area contributed by atoms with Gasteiger partial charge in [0.2, 0.25) is 0 Å². The minimum atomic E-state index is 0.863. The second-order valence-corrected chi connectivity index (χ2v) is 6.92. The van der Waals surface area contributed by atoms with Crippen molar-refractivity contribution in [1.82, 2.24) is 9.97 Å². The van der Waals surface area contributed by atoms with Gasteiger partial charge in [0.25, 0.3) is 0 Å². The Balaban J connectivity index is 2.04. The van der Waals surface area contributed by atoms with Crippen LogP contribution in [-0.4, -0.2) is 9.97 Å². The van der Waals surface area contributed by atoms with E-state index in [0.717, 1.165) is 22.3 Å². The fraction of sp³-hybridized carbons (Fsp3) is 0.273. The summed E-state index contributed by atoms with van der Waals surface area (Å²) in [7, 11) is 0. The van der Waals surface area contributed by atoms with Crippen LogP contribution in [0.5, 0.6) is 0 Å². The molecule has 0 amide bonds. The van der Waals surface area contributed by atoms with Crippen molar-refractivity contribution in [2.45, 2.75) is 24.8 Å². The topological polar surface area (TPSA) is 25.8 Å². The van der Waals surface area contributed by atoms with Crippen molar-refractivity contribution in [1.29, 1.82) is 0 Å². The maximum atomic E-state index is 4.40. The molecule has 0 unspecified atom stereocenters. The zero-order valence-corrected chi connectivity index (χ0v) is 12.2. The van der Waals surface area contributed by atoms with Crippen LogP contribution in [0.1, 0.15) is 16.3 Å². The van der Waals surface area contributed by atoms with Crippen LogP contribution in [0.15, 0.2) is 27.1 Å². The van der Waals surface area contributed by atoms with Gasteiger partial charge in [0, 0.05) is 22.0 Å². The van der Waals surface area contributed by atoms with Crippen LogP contribution >= 0.6 is 39.0 Å². The summed E-state index contributed by atoms with van der Waals surface area (Å²) in [5.74, 6) is 0.930. The number of aromatic nitrogens is 2. The van der Waals surface area contributed by atoms with E-state index >= 15 is 0 Å². The molecule has 0 radical (unpaired) electrons. The number of nitrogens with zero attached hydrogens (tertiary/aromatic N) is 2. The van der Waals surface area contributed by atoms with Crippen molar-refractivity contribution in [3.8, 4) is 0 Å². The molecule has 0 spiro atoms. The molecule has 2 nitrogen and oxygen atoms in total. The molecule has 0 saturated heterocycles. The molecule has 0 atom stereocenters. The lowest BCUT2D eigenvalue weighted by atomic mass is 10.4. The summed E-state index contributed by atoms with van der Waals surface area (Å²) in [5.41, 5.74) is 2.06. The minimum Gasteiger partial charge on any atom is -0.228 e. The Hall–Kier alpha value is -0.390. The van der Waals surface area contributed by atoms with Gasteiger partial charge in [-0.25, -0.2) is 9.97 Å². The molecular formula is C11H11BrN2S2. The summed E-state index contributed by atoms with van der Waals surface area (Å²) in [5, 5.41) is 0.863. The van der Waals surface area contributed by atoms with E-state index in [0.29, 0.717) is 0 Å². The average molecular weight is 315 g/mol. The minimum absolute atomic E-state index is 0.863. The third-order valence-corrected chi connectivity index (χ3v) is 4.64. The monoisotopic (exact) mass is 314 g/mol. The van der Waals surface area contributed by atoms with Crippen LogP contribution in [0, 0.1) is 13.8 Å². The van der Waals surface area contributed by atoms with Crippen molar-refractivity contribution < 1.29 is 0 Å². The van der Waals surface area contributed by atoms with E-state index in [4.69, 9.17) is 0 Å². The molecule has 0 fully saturated rings. The van der Waals surface area contributed by atoms with Crippen LogP contribution in [0.2, 0.25) is 0 Å². The van der Waals surface area contributed by atoms with Gasteiger partial charge in [-0.1, -0.05) is 11.8 Å². The van der Waals surface area contributed by atoms with Gasteiger partial charge in [0.05, 0.1) is 3.79 Å². The molecule has 0 saturated carbocycles. The van der Waals surface area contributed by atoms with Gasteiger partial charge in [0.15, 0.2) is 5.16 Å². The highest BCUT2D eigenvalue weighted by molar-refractivity contribution is 9.11. The molecule has 16 heavy (non-hydrogen) atoms. The largest absolute Gasteiger partial charge is 0.228 e. The number of halogens is 1. The second kappa shape index (κ2) is 5.29. The molecule has 0 aromatic carbocycles. The number of rotatable bonds is 3. The molecule has 0 aliphatic carbocycles. The Morgan fingerprint density at radius 2 is 1.94 bits per heavy atom. The number of hydrogen-bond acceptors (Lipinski definition) is 4. The Kier molecular flexibility index (Phi) is 4.00. The Labute approximate surface area is 112 Å². The molecule has 0 N–H and O–H groups in total. The van der Waals surface area contributed by atoms with Gasteiger partial charge in [-0.05, 0) is 48.0 Å². The molecule has 5 heteroatoms. The van der Waals surface area contributed by atoms with Crippen LogP contribution in [0.25, 0.3) is 0 Å². The normalized spacial score (nSPS) is 10.7. The fourth-order valence-electron chi connectivity index (χ4n) is 1.32. The first-order valence-electron chi connectivity index (χ1n) is 4.83. The van der Waals surface area contributed by atoms with Crippen molar-refractivity contribution in [2.75, 3.05) is 0 Å². The summed E-state index contributed by atoms with van der Waals surface area (Å²) in [4.78, 5) is 10.1. The molecule has 0 aliphatic heterocycles. The van der Waals surface area contributed by atoms with E-state index in [2.05, 4.69) is 38.0 Å². The molecule has 0 bridgehead atoms. The Morgan fingerprint density at radius 3 is 2.50 bits per heavy atom. The van der Waals surface area contributed by atoms with Crippen molar-refractivity contribution in [3.05, 3.63) is 38.3 Å². The molecule has 0 aliphatic rings. The molecule has 2 aromatic rings. The first-order valence-corrected chi connectivity index (χ1v) is 7.42. The summed E-state index contributed by atoms with van der Waals surface area (Å²) >= 11 is 6.90. The van der Waals surface area contributed by atoms with E-state index in [1.165, 1.54) is 8.66 Å². The zero-order valence-electron chi connectivity index (χ0n) is 9.03. The summed E-state index contributed by atoms with van der Waals surface area (Å²) in [6.45, 7) is 4.00. The lowest BCUT2D eigenvalue weighted by Gasteiger charge is -2.01. The van der Waals surface area contributed by atoms with Gasteiger partial charge in [-0.2, -0.15) is 0 Å². The summed E-state index contributed by atoms with van der Waals surface area (Å²) < 4.78 is 1.17. The van der Waals surface area contributed by atoms with E-state index in [9.17, 15) is 0 Å². The Morgan fingerprint density at radius 1 is 1.25 bits per heavy atom. The van der Waals surface area contributed by atoms with E-state index in [1.807, 2.05) is 19.9 Å². The van der Waals surface area contributed by atoms with E-state index in [-0.39, 0.29) is 0 Å². The number of thiophene rings is 1. The molecule has 2 rings (SSSR count). The molecule has 84 valence electrons. The van der Waals surface area contributed by atoms with Gasteiger partial charge in [-0.15, -0.1) is 11.3 Å². The summed E-state index contributed by atoms with van der Waals surface area (Å²) in [6, 6.07) is 6.19. The number of thioether (sulfide) groups is 1. The van der Waals surface area contributed by atoms with Crippen LogP contribution in [0.4, 0.5) is 0 Å². The lowest BCUT2D eigenvalue weighted by Crippen LogP contribution is -1.92. The van der Waals surface area contributed by atoms with Gasteiger partial charge < -0.3 is 0 Å². The highest BCUT2D eigenvalue weighted by Gasteiger charge is 2.03. The quantitative estimate of drug-likeness (QED) is 0.627. The number of aryl methyl sites for hydroxylation is 2. The van der Waals surface area contributed by atoms with E-state index < -0.39 is 0 Å². The van der Waals surface area contributed by atoms with Crippen molar-refractivity contribution in [3.63, 3.8) is 0 Å². The zero-order chi connectivity index (χ0) is 11.5. The van der Waals surface area contributed by atoms with Gasteiger partial charge in [0.1, 0.15) is 0 Å². The van der Waals surface area contributed by atoms with Crippen LogP contribution in [-0.2, 0) is 5.75 Å². The third-order valence-electron chi connectivity index (χ3n) is 1.93. The van der Waals surface area contributed by atoms with Gasteiger partial charge in [-0.3, -0.25) is 0 Å². The van der Waals surface area contributed by atoms with E-state index in [1.54, 1.807) is 23.1 Å². The van der Waals surface area contributed by atoms with Crippen molar-refractivity contribution >= 4 is 39.0 Å². The molecular weight excluding hydrogens is 304 g/mol. The third kappa shape index (κ3) is 3.30. The van der Waals surface area contributed by atoms with Gasteiger partial charge >= 0.3 is 0 Å². The van der Waals surface area contributed by atoms with Crippen LogP contribution < -0.4 is 0 Å². The van der Waals surface area contributed by atoms with Crippen LogP contribution in [0.3, 0.4) is 0 Å². The average Bonchev–Trinajstić information content (AvgIpc) is 2.60. The second-order valence-electron chi connectivity index (χ2n) is 3.43. The number of hydrogen-bond donors (Lipinski definition) is 0. The maximum Gasteiger partial charge on any atom is 0.188 e. The molecule has 2 aromatic heterocycles. The highest BCUT2D eigenvalue weighted by atomic mass is 79.9. The van der Waals surface area contributed by atoms with Crippen molar-refractivity contribution in [2.24, 2.45) is 0 Å².